The Morgan fingerprint density at radius 1 is 1.25 bits per heavy atom. The molecule has 1 amide bonds. The van der Waals surface area contributed by atoms with Crippen LogP contribution in [0.1, 0.15) is 21.9 Å². The van der Waals surface area contributed by atoms with Crippen LogP contribution >= 0.6 is 0 Å². The summed E-state index contributed by atoms with van der Waals surface area (Å²) in [6.07, 6.45) is 1.62. The van der Waals surface area contributed by atoms with Gasteiger partial charge in [0.15, 0.2) is 0 Å². The van der Waals surface area contributed by atoms with Crippen molar-refractivity contribution in [3.05, 3.63) is 58.0 Å². The van der Waals surface area contributed by atoms with Crippen LogP contribution in [-0.2, 0) is 6.54 Å². The van der Waals surface area contributed by atoms with Gasteiger partial charge in [0.05, 0.1) is 11.0 Å². The van der Waals surface area contributed by atoms with Gasteiger partial charge in [0.2, 0.25) is 5.82 Å². The number of rotatable bonds is 3. The molecule has 3 heterocycles. The first-order valence-corrected chi connectivity index (χ1v) is 7.28. The normalized spacial score (nSPS) is 11.2. The number of carbonyl (C=O) groups is 1. The average molecular weight is 323 g/mol. The van der Waals surface area contributed by atoms with Crippen LogP contribution in [0.25, 0.3) is 16.8 Å². The van der Waals surface area contributed by atoms with Crippen molar-refractivity contribution in [2.24, 2.45) is 0 Å². The number of nitrogens with zero attached hydrogens (tertiary/aromatic N) is 4. The Balaban J connectivity index is 1.54. The van der Waals surface area contributed by atoms with Crippen molar-refractivity contribution in [1.82, 2.24) is 34.9 Å². The van der Waals surface area contributed by atoms with E-state index in [1.165, 1.54) is 4.52 Å². The summed E-state index contributed by atoms with van der Waals surface area (Å²) in [5.41, 5.74) is 2.84. The van der Waals surface area contributed by atoms with Gasteiger partial charge in [0.1, 0.15) is 0 Å². The van der Waals surface area contributed by atoms with Gasteiger partial charge in [-0.2, -0.15) is 4.98 Å². The monoisotopic (exact) mass is 323 g/mol. The quantitative estimate of drug-likeness (QED) is 0.508. The molecule has 0 aliphatic rings. The third-order valence-electron chi connectivity index (χ3n) is 3.67. The molecule has 24 heavy (non-hydrogen) atoms. The number of hydrogen-bond donors (Lipinski definition) is 3. The van der Waals surface area contributed by atoms with Crippen LogP contribution in [-0.4, -0.2) is 35.5 Å². The first-order chi connectivity index (χ1) is 11.6. The molecule has 3 N–H and O–H groups in total. The zero-order valence-corrected chi connectivity index (χ0v) is 12.7. The van der Waals surface area contributed by atoms with Crippen LogP contribution in [0.4, 0.5) is 0 Å². The predicted molar refractivity (Wildman–Crippen MR) is 85.6 cm³/mol. The number of amides is 1. The smallest absolute Gasteiger partial charge is 0.323 e. The lowest BCUT2D eigenvalue weighted by Crippen LogP contribution is -2.24. The number of carbonyl (C=O) groups excluding carboxylic acids is 1. The summed E-state index contributed by atoms with van der Waals surface area (Å²) in [4.78, 5) is 37.0. The summed E-state index contributed by atoms with van der Waals surface area (Å²) in [5, 5.41) is 6.92. The second kappa shape index (κ2) is 5.30. The molecule has 9 heteroatoms. The Morgan fingerprint density at radius 3 is 2.92 bits per heavy atom. The van der Waals surface area contributed by atoms with Gasteiger partial charge in [-0.1, -0.05) is 6.07 Å². The average Bonchev–Trinajstić information content (AvgIpc) is 3.15. The second-order valence-electron chi connectivity index (χ2n) is 5.38. The largest absolute Gasteiger partial charge is 0.345 e. The van der Waals surface area contributed by atoms with Crippen LogP contribution in [0.5, 0.6) is 0 Å². The van der Waals surface area contributed by atoms with Crippen LogP contribution < -0.4 is 11.0 Å². The highest BCUT2D eigenvalue weighted by Crippen LogP contribution is 2.10. The van der Waals surface area contributed by atoms with Gasteiger partial charge in [0, 0.05) is 18.4 Å². The molecule has 4 aromatic rings. The van der Waals surface area contributed by atoms with E-state index < -0.39 is 0 Å². The van der Waals surface area contributed by atoms with Gasteiger partial charge >= 0.3 is 5.69 Å². The first kappa shape index (κ1) is 14.1. The fourth-order valence-electron chi connectivity index (χ4n) is 2.45. The lowest BCUT2D eigenvalue weighted by Gasteiger charge is -2.02. The van der Waals surface area contributed by atoms with Crippen LogP contribution in [0.3, 0.4) is 0 Å². The third-order valence-corrected chi connectivity index (χ3v) is 3.67. The van der Waals surface area contributed by atoms with E-state index in [1.54, 1.807) is 24.4 Å². The molecule has 0 unspecified atom stereocenters. The highest BCUT2D eigenvalue weighted by atomic mass is 16.2. The highest BCUT2D eigenvalue weighted by Gasteiger charge is 2.14. The molecule has 0 aliphatic carbocycles. The highest BCUT2D eigenvalue weighted by molar-refractivity contribution is 5.90. The molecule has 120 valence electrons. The second-order valence-corrected chi connectivity index (χ2v) is 5.38. The van der Waals surface area contributed by atoms with Crippen molar-refractivity contribution >= 4 is 22.7 Å². The number of aryl methyl sites for hydroxylation is 1. The van der Waals surface area contributed by atoms with Gasteiger partial charge in [-0.25, -0.2) is 14.3 Å². The lowest BCUT2D eigenvalue weighted by molar-refractivity contribution is 0.0940. The van der Waals surface area contributed by atoms with E-state index in [-0.39, 0.29) is 17.4 Å². The van der Waals surface area contributed by atoms with Gasteiger partial charge in [-0.15, -0.1) is 5.10 Å². The fraction of sp³-hybridized carbons (Fsp3) is 0.133. The summed E-state index contributed by atoms with van der Waals surface area (Å²) < 4.78 is 1.52. The SMILES string of the molecule is Cc1ccnc2nc(C(=O)NCc3ccc4[nH]c(=O)[nH]c4c3)nn12. The van der Waals surface area contributed by atoms with Crippen molar-refractivity contribution in [3.63, 3.8) is 0 Å². The number of hydrogen-bond acceptors (Lipinski definition) is 5. The van der Waals surface area contributed by atoms with E-state index in [9.17, 15) is 9.59 Å². The van der Waals surface area contributed by atoms with Crippen LogP contribution in [0, 0.1) is 6.92 Å². The minimum Gasteiger partial charge on any atom is -0.345 e. The molecule has 0 saturated carbocycles. The first-order valence-electron chi connectivity index (χ1n) is 7.28. The van der Waals surface area contributed by atoms with Crippen molar-refractivity contribution in [3.8, 4) is 0 Å². The van der Waals surface area contributed by atoms with E-state index in [0.29, 0.717) is 17.8 Å². The number of benzene rings is 1. The molecule has 0 bridgehead atoms. The van der Waals surface area contributed by atoms with Crippen molar-refractivity contribution in [2.75, 3.05) is 0 Å². The molecule has 0 fully saturated rings. The van der Waals surface area contributed by atoms with Crippen molar-refractivity contribution in [2.45, 2.75) is 13.5 Å². The summed E-state index contributed by atoms with van der Waals surface area (Å²) >= 11 is 0. The summed E-state index contributed by atoms with van der Waals surface area (Å²) in [6.45, 7) is 2.15. The topological polar surface area (TPSA) is 121 Å². The number of aromatic nitrogens is 6. The van der Waals surface area contributed by atoms with E-state index in [0.717, 1.165) is 16.8 Å². The third kappa shape index (κ3) is 2.41. The Kier molecular flexibility index (Phi) is 3.12. The van der Waals surface area contributed by atoms with E-state index in [2.05, 4.69) is 30.4 Å². The van der Waals surface area contributed by atoms with Gasteiger partial charge in [0.25, 0.3) is 11.7 Å². The molecule has 1 aromatic carbocycles. The maximum absolute atomic E-state index is 12.2. The van der Waals surface area contributed by atoms with Gasteiger partial charge in [-0.3, -0.25) is 4.79 Å². The Morgan fingerprint density at radius 2 is 2.08 bits per heavy atom. The molecule has 0 spiro atoms. The number of aromatic amines is 2. The Hall–Kier alpha value is -3.49. The molecule has 0 radical (unpaired) electrons. The van der Waals surface area contributed by atoms with Crippen molar-refractivity contribution < 1.29 is 4.79 Å². The molecule has 4 rings (SSSR count). The zero-order chi connectivity index (χ0) is 16.7. The van der Waals surface area contributed by atoms with Gasteiger partial charge in [-0.05, 0) is 30.7 Å². The zero-order valence-electron chi connectivity index (χ0n) is 12.7. The van der Waals surface area contributed by atoms with Crippen LogP contribution in [0.15, 0.2) is 35.3 Å². The number of nitrogens with one attached hydrogen (secondary N) is 3. The number of H-pyrrole nitrogens is 2. The Labute approximate surface area is 134 Å². The van der Waals surface area contributed by atoms with Crippen LogP contribution in [0.2, 0.25) is 0 Å². The van der Waals surface area contributed by atoms with E-state index >= 15 is 0 Å². The minimum atomic E-state index is -0.387. The van der Waals surface area contributed by atoms with Gasteiger partial charge < -0.3 is 15.3 Å². The van der Waals surface area contributed by atoms with E-state index in [1.807, 2.05) is 13.0 Å². The lowest BCUT2D eigenvalue weighted by atomic mass is 10.2. The summed E-state index contributed by atoms with van der Waals surface area (Å²) in [5.74, 6) is 0.0574. The molecule has 9 nitrogen and oxygen atoms in total. The number of imidazole rings is 1. The predicted octanol–water partition coefficient (Wildman–Crippen LogP) is 0.532. The van der Waals surface area contributed by atoms with E-state index in [4.69, 9.17) is 0 Å². The van der Waals surface area contributed by atoms with Crippen molar-refractivity contribution in [1.29, 1.82) is 0 Å². The molecule has 3 aromatic heterocycles. The molecule has 0 saturated heterocycles. The Bertz CT molecular complexity index is 1120. The molecule has 0 aliphatic heterocycles. The maximum atomic E-state index is 12.2. The molecule has 0 atom stereocenters. The molecular formula is C15H13N7O2. The summed E-state index contributed by atoms with van der Waals surface area (Å²) in [7, 11) is 0. The molecular weight excluding hydrogens is 310 g/mol. The maximum Gasteiger partial charge on any atom is 0.323 e. The standard InChI is InChI=1S/C15H13N7O2/c1-8-4-5-16-14-20-12(21-22(8)14)13(23)17-7-9-2-3-10-11(6-9)19-15(24)18-10/h2-6H,7H2,1H3,(H,17,23)(H2,18,19,24). The minimum absolute atomic E-state index is 0.0629. The fourth-order valence-corrected chi connectivity index (χ4v) is 2.45. The number of fused-ring (bicyclic) bond motifs is 2. The summed E-state index contributed by atoms with van der Waals surface area (Å²) in [6, 6.07) is 7.20.